The van der Waals surface area contributed by atoms with E-state index in [1.54, 1.807) is 0 Å². The highest BCUT2D eigenvalue weighted by Crippen LogP contribution is 2.29. The smallest absolute Gasteiger partial charge is 0.199 e. The van der Waals surface area contributed by atoms with Crippen LogP contribution in [-0.2, 0) is 6.54 Å². The molecule has 13 heavy (non-hydrogen) atoms. The van der Waals surface area contributed by atoms with Gasteiger partial charge in [0.2, 0.25) is 0 Å². The fraction of sp³-hybridized carbons (Fsp3) is 0.222. The molecule has 4 heteroatoms. The molecule has 0 saturated heterocycles. The molecule has 0 aliphatic carbocycles. The number of hydrogen-bond donors (Lipinski definition) is 0. The molecule has 1 aliphatic heterocycles. The van der Waals surface area contributed by atoms with Crippen molar-refractivity contribution in [3.05, 3.63) is 28.2 Å². The molecular formula is C9H8BrClN2. The van der Waals surface area contributed by atoms with Gasteiger partial charge in [-0.1, -0.05) is 22.0 Å². The van der Waals surface area contributed by atoms with Crippen LogP contribution in [0.4, 0.5) is 5.69 Å². The monoisotopic (exact) mass is 258 g/mol. The van der Waals surface area contributed by atoms with Gasteiger partial charge in [-0.15, -0.1) is 0 Å². The zero-order valence-electron chi connectivity index (χ0n) is 7.09. The van der Waals surface area contributed by atoms with Gasteiger partial charge >= 0.3 is 0 Å². The summed E-state index contributed by atoms with van der Waals surface area (Å²) in [4.78, 5) is 6.18. The van der Waals surface area contributed by atoms with Crippen LogP contribution in [-0.4, -0.2) is 17.2 Å². The average Bonchev–Trinajstić information content (AvgIpc) is 2.08. The van der Waals surface area contributed by atoms with Crippen LogP contribution in [0.25, 0.3) is 0 Å². The summed E-state index contributed by atoms with van der Waals surface area (Å²) >= 11 is 9.31. The number of amidine groups is 1. The molecule has 0 unspecified atom stereocenters. The topological polar surface area (TPSA) is 15.6 Å². The van der Waals surface area contributed by atoms with Crippen molar-refractivity contribution in [1.82, 2.24) is 4.90 Å². The first-order valence-electron chi connectivity index (χ1n) is 3.90. The van der Waals surface area contributed by atoms with E-state index < -0.39 is 0 Å². The van der Waals surface area contributed by atoms with Crippen LogP contribution < -0.4 is 0 Å². The van der Waals surface area contributed by atoms with Crippen LogP contribution >= 0.6 is 27.5 Å². The van der Waals surface area contributed by atoms with Crippen molar-refractivity contribution in [2.45, 2.75) is 6.54 Å². The largest absolute Gasteiger partial charge is 0.346 e. The SMILES string of the molecule is CN1Cc2ccc(Br)cc2N=C1Cl. The van der Waals surface area contributed by atoms with Gasteiger partial charge in [0.1, 0.15) is 0 Å². The minimum absolute atomic E-state index is 0.547. The van der Waals surface area contributed by atoms with Crippen molar-refractivity contribution >= 4 is 38.5 Å². The lowest BCUT2D eigenvalue weighted by molar-refractivity contribution is 0.502. The standard InChI is InChI=1S/C9H8BrClN2/c1-13-5-6-2-3-7(10)4-8(6)12-9(13)11/h2-4H,5H2,1H3. The zero-order valence-corrected chi connectivity index (χ0v) is 9.43. The van der Waals surface area contributed by atoms with Crippen molar-refractivity contribution in [3.8, 4) is 0 Å². The third kappa shape index (κ3) is 1.71. The Morgan fingerprint density at radius 3 is 3.08 bits per heavy atom. The van der Waals surface area contributed by atoms with Gasteiger partial charge in [-0.05, 0) is 29.3 Å². The summed E-state index contributed by atoms with van der Waals surface area (Å²) in [6, 6.07) is 6.05. The van der Waals surface area contributed by atoms with Crippen molar-refractivity contribution < 1.29 is 0 Å². The first-order chi connectivity index (χ1) is 6.16. The molecular weight excluding hydrogens is 251 g/mol. The lowest BCUT2D eigenvalue weighted by atomic mass is 10.1. The minimum Gasteiger partial charge on any atom is -0.346 e. The lowest BCUT2D eigenvalue weighted by Crippen LogP contribution is -2.24. The normalized spacial score (nSPS) is 15.3. The summed E-state index contributed by atoms with van der Waals surface area (Å²) in [7, 11) is 1.93. The maximum Gasteiger partial charge on any atom is 0.199 e. The zero-order chi connectivity index (χ0) is 9.42. The van der Waals surface area contributed by atoms with Gasteiger partial charge in [0.15, 0.2) is 5.29 Å². The number of fused-ring (bicyclic) bond motifs is 1. The second-order valence-electron chi connectivity index (χ2n) is 3.01. The number of halogens is 2. The average molecular weight is 260 g/mol. The van der Waals surface area contributed by atoms with Gasteiger partial charge in [-0.25, -0.2) is 4.99 Å². The van der Waals surface area contributed by atoms with Gasteiger partial charge in [0.05, 0.1) is 5.69 Å². The molecule has 0 radical (unpaired) electrons. The van der Waals surface area contributed by atoms with Crippen LogP contribution in [0.3, 0.4) is 0 Å². The third-order valence-electron chi connectivity index (χ3n) is 1.98. The maximum absolute atomic E-state index is 5.91. The highest BCUT2D eigenvalue weighted by atomic mass is 79.9. The highest BCUT2D eigenvalue weighted by molar-refractivity contribution is 9.10. The molecule has 2 nitrogen and oxygen atoms in total. The molecule has 0 N–H and O–H groups in total. The van der Waals surface area contributed by atoms with Gasteiger partial charge in [-0.3, -0.25) is 0 Å². The highest BCUT2D eigenvalue weighted by Gasteiger charge is 2.14. The Bertz CT molecular complexity index is 376. The summed E-state index contributed by atoms with van der Waals surface area (Å²) in [5.74, 6) is 0. The van der Waals surface area contributed by atoms with Crippen LogP contribution in [0.1, 0.15) is 5.56 Å². The molecule has 0 spiro atoms. The van der Waals surface area contributed by atoms with E-state index in [1.165, 1.54) is 5.56 Å². The Balaban J connectivity index is 2.51. The molecule has 0 amide bonds. The third-order valence-corrected chi connectivity index (χ3v) is 2.85. The Hall–Kier alpha value is -0.540. The molecule has 0 aromatic heterocycles. The number of rotatable bonds is 0. The van der Waals surface area contributed by atoms with Gasteiger partial charge in [0.25, 0.3) is 0 Å². The number of hydrogen-bond acceptors (Lipinski definition) is 2. The van der Waals surface area contributed by atoms with Crippen molar-refractivity contribution in [2.75, 3.05) is 7.05 Å². The van der Waals surface area contributed by atoms with Crippen LogP contribution in [0.5, 0.6) is 0 Å². The maximum atomic E-state index is 5.91. The Morgan fingerprint density at radius 1 is 1.54 bits per heavy atom. The summed E-state index contributed by atoms with van der Waals surface area (Å²) in [5.41, 5.74) is 2.16. The van der Waals surface area contributed by atoms with Gasteiger partial charge in [0, 0.05) is 18.1 Å². The number of nitrogens with zero attached hydrogens (tertiary/aromatic N) is 2. The lowest BCUT2D eigenvalue weighted by Gasteiger charge is -2.22. The quantitative estimate of drug-likeness (QED) is 0.654. The second-order valence-corrected chi connectivity index (χ2v) is 4.26. The molecule has 1 aromatic carbocycles. The van der Waals surface area contributed by atoms with E-state index >= 15 is 0 Å². The van der Waals surface area contributed by atoms with Crippen LogP contribution in [0, 0.1) is 0 Å². The summed E-state index contributed by atoms with van der Waals surface area (Å²) < 4.78 is 1.03. The number of aliphatic imine (C=N–C) groups is 1. The molecule has 1 aliphatic rings. The molecule has 0 saturated carbocycles. The molecule has 68 valence electrons. The second kappa shape index (κ2) is 3.31. The van der Waals surface area contributed by atoms with Crippen LogP contribution in [0.15, 0.2) is 27.7 Å². The van der Waals surface area contributed by atoms with Gasteiger partial charge < -0.3 is 4.90 Å². The van der Waals surface area contributed by atoms with E-state index in [-0.39, 0.29) is 0 Å². The predicted octanol–water partition coefficient (Wildman–Crippen LogP) is 3.12. The van der Waals surface area contributed by atoms with E-state index in [4.69, 9.17) is 11.6 Å². The Morgan fingerprint density at radius 2 is 2.31 bits per heavy atom. The Kier molecular flexibility index (Phi) is 2.30. The fourth-order valence-corrected chi connectivity index (χ4v) is 1.78. The molecule has 2 rings (SSSR count). The van der Waals surface area contributed by atoms with Crippen molar-refractivity contribution in [2.24, 2.45) is 4.99 Å². The van der Waals surface area contributed by atoms with E-state index in [2.05, 4.69) is 27.0 Å². The predicted molar refractivity (Wildman–Crippen MR) is 58.6 cm³/mol. The summed E-state index contributed by atoms with van der Waals surface area (Å²) in [5, 5.41) is 0.547. The van der Waals surface area contributed by atoms with E-state index in [0.717, 1.165) is 16.7 Å². The molecule has 1 heterocycles. The van der Waals surface area contributed by atoms with Crippen LogP contribution in [0.2, 0.25) is 0 Å². The first kappa shape index (κ1) is 9.03. The summed E-state index contributed by atoms with van der Waals surface area (Å²) in [6.45, 7) is 0.824. The number of benzene rings is 1. The fourth-order valence-electron chi connectivity index (χ4n) is 1.28. The van der Waals surface area contributed by atoms with Gasteiger partial charge in [-0.2, -0.15) is 0 Å². The van der Waals surface area contributed by atoms with E-state index in [1.807, 2.05) is 24.1 Å². The Labute approximate surface area is 90.3 Å². The summed E-state index contributed by atoms with van der Waals surface area (Å²) in [6.07, 6.45) is 0. The molecule has 0 atom stereocenters. The minimum atomic E-state index is 0.547. The molecule has 1 aromatic rings. The molecule has 0 bridgehead atoms. The van der Waals surface area contributed by atoms with Crippen molar-refractivity contribution in [1.29, 1.82) is 0 Å². The van der Waals surface area contributed by atoms with Crippen molar-refractivity contribution in [3.63, 3.8) is 0 Å². The van der Waals surface area contributed by atoms with E-state index in [0.29, 0.717) is 5.29 Å². The molecule has 0 fully saturated rings. The van der Waals surface area contributed by atoms with E-state index in [9.17, 15) is 0 Å². The first-order valence-corrected chi connectivity index (χ1v) is 5.07.